The Labute approximate surface area is 141 Å². The van der Waals surface area contributed by atoms with Gasteiger partial charge in [-0.3, -0.25) is 9.69 Å². The highest BCUT2D eigenvalue weighted by atomic mass is 32.2. The zero-order valence-corrected chi connectivity index (χ0v) is 14.3. The van der Waals surface area contributed by atoms with E-state index in [0.29, 0.717) is 6.54 Å². The van der Waals surface area contributed by atoms with E-state index in [1.807, 2.05) is 22.7 Å². The normalized spacial score (nSPS) is 27.5. The second-order valence-electron chi connectivity index (χ2n) is 6.48. The van der Waals surface area contributed by atoms with Crippen molar-refractivity contribution >= 4 is 17.7 Å². The van der Waals surface area contributed by atoms with Gasteiger partial charge in [-0.25, -0.2) is 0 Å². The topological polar surface area (TPSA) is 69.8 Å². The zero-order chi connectivity index (χ0) is 16.4. The van der Waals surface area contributed by atoms with Gasteiger partial charge < -0.3 is 15.7 Å². The van der Waals surface area contributed by atoms with Crippen molar-refractivity contribution in [3.8, 4) is 0 Å². The number of thioether (sulfide) groups is 1. The Morgan fingerprint density at radius 1 is 1.39 bits per heavy atom. The third-order valence-corrected chi connectivity index (χ3v) is 6.37. The van der Waals surface area contributed by atoms with E-state index in [0.717, 1.165) is 31.8 Å². The maximum atomic E-state index is 12.4. The largest absolute Gasteiger partial charge is 0.391 e. The third kappa shape index (κ3) is 3.40. The summed E-state index contributed by atoms with van der Waals surface area (Å²) in [6.07, 6.45) is 0.152. The molecule has 5 nitrogen and oxygen atoms in total. The number of benzene rings is 1. The Morgan fingerprint density at radius 3 is 2.83 bits per heavy atom. The highest BCUT2D eigenvalue weighted by molar-refractivity contribution is 8.00. The molecule has 0 bridgehead atoms. The van der Waals surface area contributed by atoms with E-state index in [4.69, 9.17) is 5.73 Å². The summed E-state index contributed by atoms with van der Waals surface area (Å²) in [7, 11) is 0. The molecule has 1 aromatic carbocycles. The summed E-state index contributed by atoms with van der Waals surface area (Å²) in [5.41, 5.74) is 7.13. The molecule has 0 aromatic heterocycles. The monoisotopic (exact) mass is 335 g/mol. The lowest BCUT2D eigenvalue weighted by molar-refractivity contribution is -0.134. The maximum absolute atomic E-state index is 12.4. The number of hydrogen-bond donors (Lipinski definition) is 2. The minimum Gasteiger partial charge on any atom is -0.391 e. The van der Waals surface area contributed by atoms with Crippen LogP contribution >= 0.6 is 11.8 Å². The second kappa shape index (κ2) is 6.81. The SMILES string of the molecule is C[C@@H](O)[C@H](N)C(=O)N1CCC2(C1)SCCN2Cc1ccccc1. The number of rotatable bonds is 4. The molecule has 1 amide bonds. The van der Waals surface area contributed by atoms with Crippen molar-refractivity contribution in [2.45, 2.75) is 36.9 Å². The molecule has 1 spiro atoms. The lowest BCUT2D eigenvalue weighted by Crippen LogP contribution is -2.50. The highest BCUT2D eigenvalue weighted by Crippen LogP contribution is 2.43. The van der Waals surface area contributed by atoms with Crippen molar-refractivity contribution in [2.75, 3.05) is 25.4 Å². The van der Waals surface area contributed by atoms with E-state index in [1.165, 1.54) is 5.56 Å². The van der Waals surface area contributed by atoms with Crippen LogP contribution < -0.4 is 5.73 Å². The number of amides is 1. The highest BCUT2D eigenvalue weighted by Gasteiger charge is 2.48. The van der Waals surface area contributed by atoms with Gasteiger partial charge >= 0.3 is 0 Å². The molecule has 1 aromatic rings. The Kier molecular flexibility index (Phi) is 4.96. The van der Waals surface area contributed by atoms with Gasteiger partial charge in [0.05, 0.1) is 11.0 Å². The Morgan fingerprint density at radius 2 is 2.13 bits per heavy atom. The third-order valence-electron chi connectivity index (χ3n) is 4.85. The van der Waals surface area contributed by atoms with E-state index in [2.05, 4.69) is 29.2 Å². The number of hydrogen-bond acceptors (Lipinski definition) is 5. The molecule has 23 heavy (non-hydrogen) atoms. The van der Waals surface area contributed by atoms with Crippen LogP contribution in [0.4, 0.5) is 0 Å². The number of nitrogens with zero attached hydrogens (tertiary/aromatic N) is 2. The van der Waals surface area contributed by atoms with Crippen LogP contribution in [0.2, 0.25) is 0 Å². The zero-order valence-electron chi connectivity index (χ0n) is 13.5. The summed E-state index contributed by atoms with van der Waals surface area (Å²) >= 11 is 1.95. The lowest BCUT2D eigenvalue weighted by Gasteiger charge is -2.34. The van der Waals surface area contributed by atoms with Crippen LogP contribution in [0.3, 0.4) is 0 Å². The molecule has 126 valence electrons. The first-order chi connectivity index (χ1) is 11.0. The molecule has 2 aliphatic heterocycles. The second-order valence-corrected chi connectivity index (χ2v) is 7.93. The molecule has 3 atom stereocenters. The van der Waals surface area contributed by atoms with E-state index < -0.39 is 12.1 Å². The first-order valence-electron chi connectivity index (χ1n) is 8.17. The Bertz CT molecular complexity index is 554. The lowest BCUT2D eigenvalue weighted by atomic mass is 10.1. The molecule has 6 heteroatoms. The molecule has 2 fully saturated rings. The van der Waals surface area contributed by atoms with E-state index >= 15 is 0 Å². The summed E-state index contributed by atoms with van der Waals surface area (Å²) in [6.45, 7) is 4.95. The summed E-state index contributed by atoms with van der Waals surface area (Å²) in [5, 5.41) is 9.57. The molecule has 0 radical (unpaired) electrons. The fraction of sp³-hybridized carbons (Fsp3) is 0.588. The van der Waals surface area contributed by atoms with E-state index in [1.54, 1.807) is 6.92 Å². The van der Waals surface area contributed by atoms with Crippen molar-refractivity contribution in [3.63, 3.8) is 0 Å². The van der Waals surface area contributed by atoms with Gasteiger partial charge in [-0.1, -0.05) is 30.3 Å². The van der Waals surface area contributed by atoms with Crippen LogP contribution in [0.25, 0.3) is 0 Å². The van der Waals surface area contributed by atoms with E-state index in [9.17, 15) is 9.90 Å². The Hall–Kier alpha value is -1.08. The average molecular weight is 335 g/mol. The van der Waals surface area contributed by atoms with Gasteiger partial charge in [0.25, 0.3) is 0 Å². The van der Waals surface area contributed by atoms with Crippen molar-refractivity contribution in [2.24, 2.45) is 5.73 Å². The van der Waals surface area contributed by atoms with Gasteiger partial charge in [-0.2, -0.15) is 0 Å². The number of aliphatic hydroxyl groups excluding tert-OH is 1. The van der Waals surface area contributed by atoms with Crippen molar-refractivity contribution in [1.29, 1.82) is 0 Å². The summed E-state index contributed by atoms with van der Waals surface area (Å²) < 4.78 is 0. The number of likely N-dealkylation sites (tertiary alicyclic amines) is 1. The van der Waals surface area contributed by atoms with Crippen LogP contribution in [0.5, 0.6) is 0 Å². The standard InChI is InChI=1S/C17H25N3O2S/c1-13(21)15(18)16(22)19-8-7-17(12-19)20(9-10-23-17)11-14-5-3-2-4-6-14/h2-6,13,15,21H,7-12,18H2,1H3/t13-,15+,17?/m1/s1. The van der Waals surface area contributed by atoms with Gasteiger partial charge in [0.15, 0.2) is 0 Å². The molecule has 3 N–H and O–H groups in total. The van der Waals surface area contributed by atoms with Gasteiger partial charge in [0, 0.05) is 31.9 Å². The van der Waals surface area contributed by atoms with Crippen LogP contribution in [0.1, 0.15) is 18.9 Å². The van der Waals surface area contributed by atoms with Crippen molar-refractivity contribution in [3.05, 3.63) is 35.9 Å². The van der Waals surface area contributed by atoms with Crippen LogP contribution in [0.15, 0.2) is 30.3 Å². The van der Waals surface area contributed by atoms with Crippen LogP contribution in [-0.4, -0.2) is 63.2 Å². The molecule has 2 saturated heterocycles. The number of carbonyl (C=O) groups is 1. The van der Waals surface area contributed by atoms with Gasteiger partial charge in [0.1, 0.15) is 6.04 Å². The number of nitrogens with two attached hydrogens (primary N) is 1. The van der Waals surface area contributed by atoms with E-state index in [-0.39, 0.29) is 10.8 Å². The predicted octanol–water partition coefficient (Wildman–Crippen LogP) is 0.872. The first-order valence-corrected chi connectivity index (χ1v) is 9.16. The van der Waals surface area contributed by atoms with Crippen LogP contribution in [0, 0.1) is 0 Å². The molecular weight excluding hydrogens is 310 g/mol. The fourth-order valence-electron chi connectivity index (χ4n) is 3.42. The number of aliphatic hydroxyl groups is 1. The molecule has 1 unspecified atom stereocenters. The van der Waals surface area contributed by atoms with Crippen molar-refractivity contribution < 1.29 is 9.90 Å². The minimum absolute atomic E-state index is 0.00388. The smallest absolute Gasteiger partial charge is 0.242 e. The maximum Gasteiger partial charge on any atom is 0.242 e. The first kappa shape index (κ1) is 16.8. The van der Waals surface area contributed by atoms with Crippen molar-refractivity contribution in [1.82, 2.24) is 9.80 Å². The van der Waals surface area contributed by atoms with Gasteiger partial charge in [-0.15, -0.1) is 11.8 Å². The predicted molar refractivity (Wildman–Crippen MR) is 92.9 cm³/mol. The summed E-state index contributed by atoms with van der Waals surface area (Å²) in [6, 6.07) is 9.65. The van der Waals surface area contributed by atoms with Crippen LogP contribution in [-0.2, 0) is 11.3 Å². The molecule has 2 aliphatic rings. The quantitative estimate of drug-likeness (QED) is 0.854. The summed E-state index contributed by atoms with van der Waals surface area (Å²) in [4.78, 5) is 16.7. The average Bonchev–Trinajstić information content (AvgIpc) is 3.15. The van der Waals surface area contributed by atoms with Gasteiger partial charge in [-0.05, 0) is 18.9 Å². The fourth-order valence-corrected chi connectivity index (χ4v) is 4.93. The minimum atomic E-state index is -0.820. The molecule has 0 saturated carbocycles. The molecule has 2 heterocycles. The van der Waals surface area contributed by atoms with Gasteiger partial charge in [0.2, 0.25) is 5.91 Å². The summed E-state index contributed by atoms with van der Waals surface area (Å²) in [5.74, 6) is 0.959. The Balaban J connectivity index is 1.68. The number of carbonyl (C=O) groups excluding carboxylic acids is 1. The molecule has 3 rings (SSSR count). The molecular formula is C17H25N3O2S. The molecule has 0 aliphatic carbocycles.